The van der Waals surface area contributed by atoms with Gasteiger partial charge in [0.15, 0.2) is 0 Å². The Bertz CT molecular complexity index is 782. The summed E-state index contributed by atoms with van der Waals surface area (Å²) in [6.07, 6.45) is 2.73. The number of amides is 3. The van der Waals surface area contributed by atoms with Crippen molar-refractivity contribution >= 4 is 22.8 Å². The van der Waals surface area contributed by atoms with Crippen molar-refractivity contribution in [3.63, 3.8) is 0 Å². The van der Waals surface area contributed by atoms with Gasteiger partial charge in [0.25, 0.3) is 0 Å². The molecule has 2 aromatic rings. The predicted molar refractivity (Wildman–Crippen MR) is 103 cm³/mol. The SMILES string of the molecule is CC(C)(C)C(=O)N1CCN(C(=O)NCCc2ccc3[nH]ccc3c2)CC1. The molecule has 0 unspecified atom stereocenters. The molecular formula is C20H28N4O2. The molecule has 140 valence electrons. The number of aromatic nitrogens is 1. The number of hydrogen-bond donors (Lipinski definition) is 2. The molecule has 6 heteroatoms. The smallest absolute Gasteiger partial charge is 0.317 e. The number of nitrogens with zero attached hydrogens (tertiary/aromatic N) is 2. The summed E-state index contributed by atoms with van der Waals surface area (Å²) in [6, 6.07) is 8.31. The van der Waals surface area contributed by atoms with Crippen LogP contribution in [0.2, 0.25) is 0 Å². The highest BCUT2D eigenvalue weighted by molar-refractivity contribution is 5.82. The number of carbonyl (C=O) groups excluding carboxylic acids is 2. The van der Waals surface area contributed by atoms with E-state index < -0.39 is 0 Å². The fraction of sp³-hybridized carbons (Fsp3) is 0.500. The van der Waals surface area contributed by atoms with Gasteiger partial charge in [0.05, 0.1) is 0 Å². The van der Waals surface area contributed by atoms with Crippen LogP contribution in [-0.4, -0.2) is 59.4 Å². The number of nitrogens with one attached hydrogen (secondary N) is 2. The van der Waals surface area contributed by atoms with Crippen LogP contribution in [0.15, 0.2) is 30.5 Å². The quantitative estimate of drug-likeness (QED) is 0.888. The van der Waals surface area contributed by atoms with E-state index in [0.717, 1.165) is 11.9 Å². The Morgan fingerprint density at radius 2 is 1.77 bits per heavy atom. The molecule has 1 fully saturated rings. The van der Waals surface area contributed by atoms with Gasteiger partial charge in [-0.15, -0.1) is 0 Å². The summed E-state index contributed by atoms with van der Waals surface area (Å²) in [4.78, 5) is 31.5. The first-order valence-electron chi connectivity index (χ1n) is 9.23. The lowest BCUT2D eigenvalue weighted by atomic mass is 9.94. The van der Waals surface area contributed by atoms with Crippen molar-refractivity contribution in [3.05, 3.63) is 36.0 Å². The highest BCUT2D eigenvalue weighted by Gasteiger charge is 2.30. The Hall–Kier alpha value is -2.50. The van der Waals surface area contributed by atoms with Crippen LogP contribution in [0, 0.1) is 5.41 Å². The van der Waals surface area contributed by atoms with Gasteiger partial charge < -0.3 is 20.1 Å². The summed E-state index contributed by atoms with van der Waals surface area (Å²) in [6.45, 7) is 8.78. The summed E-state index contributed by atoms with van der Waals surface area (Å²) in [7, 11) is 0. The van der Waals surface area contributed by atoms with E-state index in [2.05, 4.69) is 34.6 Å². The molecule has 2 heterocycles. The molecule has 1 aromatic carbocycles. The van der Waals surface area contributed by atoms with Gasteiger partial charge in [-0.05, 0) is 35.6 Å². The number of hydrogen-bond acceptors (Lipinski definition) is 2. The van der Waals surface area contributed by atoms with Crippen LogP contribution in [0.5, 0.6) is 0 Å². The molecule has 2 N–H and O–H groups in total. The number of piperazine rings is 1. The van der Waals surface area contributed by atoms with Crippen LogP contribution in [0.25, 0.3) is 10.9 Å². The van der Waals surface area contributed by atoms with Gasteiger partial charge in [0.2, 0.25) is 5.91 Å². The van der Waals surface area contributed by atoms with Crippen LogP contribution in [0.4, 0.5) is 4.79 Å². The molecule has 6 nitrogen and oxygen atoms in total. The van der Waals surface area contributed by atoms with Gasteiger partial charge in [-0.3, -0.25) is 4.79 Å². The van der Waals surface area contributed by atoms with Crippen LogP contribution in [0.3, 0.4) is 0 Å². The average Bonchev–Trinajstić information content (AvgIpc) is 3.08. The molecule has 1 aliphatic rings. The summed E-state index contributed by atoms with van der Waals surface area (Å²) < 4.78 is 0. The minimum absolute atomic E-state index is 0.0458. The third-order valence-electron chi connectivity index (χ3n) is 4.80. The number of benzene rings is 1. The van der Waals surface area contributed by atoms with E-state index in [9.17, 15) is 9.59 Å². The fourth-order valence-electron chi connectivity index (χ4n) is 3.27. The molecular weight excluding hydrogens is 328 g/mol. The van der Waals surface area contributed by atoms with Crippen molar-refractivity contribution in [3.8, 4) is 0 Å². The molecule has 0 aliphatic carbocycles. The molecule has 1 saturated heterocycles. The molecule has 0 radical (unpaired) electrons. The standard InChI is InChI=1S/C20H28N4O2/c1-20(2,3)18(25)23-10-12-24(13-11-23)19(26)22-8-6-15-4-5-17-16(14-15)7-9-21-17/h4-5,7,9,14,21H,6,8,10-13H2,1-3H3,(H,22,26). The molecule has 3 rings (SSSR count). The first-order chi connectivity index (χ1) is 12.3. The summed E-state index contributed by atoms with van der Waals surface area (Å²) in [5.74, 6) is 0.151. The van der Waals surface area contributed by atoms with Gasteiger partial charge >= 0.3 is 6.03 Å². The van der Waals surface area contributed by atoms with E-state index in [1.54, 1.807) is 4.90 Å². The normalized spacial score (nSPS) is 15.3. The van der Waals surface area contributed by atoms with Crippen molar-refractivity contribution in [2.24, 2.45) is 5.41 Å². The van der Waals surface area contributed by atoms with E-state index in [1.807, 2.05) is 31.9 Å². The molecule has 1 aromatic heterocycles. The van der Waals surface area contributed by atoms with Crippen molar-refractivity contribution in [2.45, 2.75) is 27.2 Å². The van der Waals surface area contributed by atoms with Crippen molar-refractivity contribution in [2.75, 3.05) is 32.7 Å². The maximum absolute atomic E-state index is 12.3. The third kappa shape index (κ3) is 4.18. The Morgan fingerprint density at radius 1 is 1.08 bits per heavy atom. The van der Waals surface area contributed by atoms with E-state index in [0.29, 0.717) is 32.7 Å². The fourth-order valence-corrected chi connectivity index (χ4v) is 3.27. The van der Waals surface area contributed by atoms with Crippen LogP contribution >= 0.6 is 0 Å². The maximum Gasteiger partial charge on any atom is 0.317 e. The second-order valence-electron chi connectivity index (χ2n) is 7.91. The molecule has 0 atom stereocenters. The van der Waals surface area contributed by atoms with Gasteiger partial charge in [0.1, 0.15) is 0 Å². The third-order valence-corrected chi connectivity index (χ3v) is 4.80. The summed E-state index contributed by atoms with van der Waals surface area (Å²) in [5.41, 5.74) is 1.96. The lowest BCUT2D eigenvalue weighted by Gasteiger charge is -2.37. The van der Waals surface area contributed by atoms with Crippen molar-refractivity contribution < 1.29 is 9.59 Å². The molecule has 3 amide bonds. The zero-order valence-corrected chi connectivity index (χ0v) is 15.8. The zero-order valence-electron chi connectivity index (χ0n) is 15.8. The second-order valence-corrected chi connectivity index (χ2v) is 7.91. The molecule has 0 saturated carbocycles. The first kappa shape index (κ1) is 18.3. The molecule has 26 heavy (non-hydrogen) atoms. The van der Waals surface area contributed by atoms with Crippen molar-refractivity contribution in [1.29, 1.82) is 0 Å². The number of H-pyrrole nitrogens is 1. The van der Waals surface area contributed by atoms with Gasteiger partial charge in [-0.1, -0.05) is 26.8 Å². The first-order valence-corrected chi connectivity index (χ1v) is 9.23. The van der Waals surface area contributed by atoms with E-state index >= 15 is 0 Å². The van der Waals surface area contributed by atoms with Crippen LogP contribution in [0.1, 0.15) is 26.3 Å². The minimum atomic E-state index is -0.370. The summed E-state index contributed by atoms with van der Waals surface area (Å²) in [5, 5.41) is 4.18. The monoisotopic (exact) mass is 356 g/mol. The maximum atomic E-state index is 12.3. The highest BCUT2D eigenvalue weighted by atomic mass is 16.2. The lowest BCUT2D eigenvalue weighted by Crippen LogP contribution is -2.55. The van der Waals surface area contributed by atoms with Crippen molar-refractivity contribution in [1.82, 2.24) is 20.1 Å². The molecule has 0 bridgehead atoms. The summed E-state index contributed by atoms with van der Waals surface area (Å²) >= 11 is 0. The number of rotatable bonds is 3. The van der Waals surface area contributed by atoms with Gasteiger partial charge in [-0.25, -0.2) is 4.79 Å². The molecule has 1 aliphatic heterocycles. The van der Waals surface area contributed by atoms with E-state index in [-0.39, 0.29) is 17.4 Å². The number of aromatic amines is 1. The zero-order chi connectivity index (χ0) is 18.7. The highest BCUT2D eigenvalue weighted by Crippen LogP contribution is 2.18. The average molecular weight is 356 g/mol. The Morgan fingerprint density at radius 3 is 2.46 bits per heavy atom. The Balaban J connectivity index is 1.43. The number of fused-ring (bicyclic) bond motifs is 1. The number of urea groups is 1. The topological polar surface area (TPSA) is 68.4 Å². The van der Waals surface area contributed by atoms with Gasteiger partial charge in [0, 0.05) is 49.9 Å². The Kier molecular flexibility index (Phi) is 5.20. The largest absolute Gasteiger partial charge is 0.361 e. The second kappa shape index (κ2) is 7.40. The minimum Gasteiger partial charge on any atom is -0.361 e. The predicted octanol–water partition coefficient (Wildman–Crippen LogP) is 2.61. The van der Waals surface area contributed by atoms with Crippen LogP contribution < -0.4 is 5.32 Å². The van der Waals surface area contributed by atoms with Crippen LogP contribution in [-0.2, 0) is 11.2 Å². The van der Waals surface area contributed by atoms with Gasteiger partial charge in [-0.2, -0.15) is 0 Å². The van der Waals surface area contributed by atoms with E-state index in [1.165, 1.54) is 10.9 Å². The lowest BCUT2D eigenvalue weighted by molar-refractivity contribution is -0.140. The Labute approximate surface area is 154 Å². The molecule has 0 spiro atoms. The number of carbonyl (C=O) groups is 2. The van der Waals surface area contributed by atoms with E-state index in [4.69, 9.17) is 0 Å².